The van der Waals surface area contributed by atoms with Gasteiger partial charge in [-0.25, -0.2) is 4.68 Å². The zero-order chi connectivity index (χ0) is 15.4. The van der Waals surface area contributed by atoms with Gasteiger partial charge in [-0.05, 0) is 43.6 Å². The van der Waals surface area contributed by atoms with Crippen LogP contribution in [0, 0.1) is 0 Å². The Morgan fingerprint density at radius 1 is 1.14 bits per heavy atom. The van der Waals surface area contributed by atoms with Crippen LogP contribution in [-0.4, -0.2) is 45.8 Å². The number of carbonyl (C=O) groups is 1. The number of aldehydes is 1. The highest BCUT2D eigenvalue weighted by atomic mass is 35.5. The first-order valence-corrected chi connectivity index (χ1v) is 7.98. The fraction of sp³-hybridized carbons (Fsp3) is 0.438. The average molecular weight is 319 g/mol. The second-order valence-electron chi connectivity index (χ2n) is 5.61. The molecule has 1 aliphatic heterocycles. The third-order valence-electron chi connectivity index (χ3n) is 4.09. The van der Waals surface area contributed by atoms with E-state index in [0.717, 1.165) is 43.7 Å². The van der Waals surface area contributed by atoms with Gasteiger partial charge in [0, 0.05) is 18.0 Å². The Morgan fingerprint density at radius 3 is 2.55 bits per heavy atom. The lowest BCUT2D eigenvalue weighted by atomic mass is 10.1. The fourth-order valence-corrected chi connectivity index (χ4v) is 2.96. The second kappa shape index (κ2) is 7.03. The van der Waals surface area contributed by atoms with Crippen LogP contribution in [0.3, 0.4) is 0 Å². The largest absolute Gasteiger partial charge is 0.301 e. The molecule has 1 aromatic carbocycles. The average Bonchev–Trinajstić information content (AvgIpc) is 3.17. The Bertz CT molecular complexity index is 632. The van der Waals surface area contributed by atoms with Crippen LogP contribution in [0.15, 0.2) is 24.3 Å². The van der Waals surface area contributed by atoms with Crippen LogP contribution in [-0.2, 0) is 13.0 Å². The van der Waals surface area contributed by atoms with Crippen LogP contribution in [0.4, 0.5) is 0 Å². The minimum atomic E-state index is 0.427. The summed E-state index contributed by atoms with van der Waals surface area (Å²) >= 11 is 5.91. The summed E-state index contributed by atoms with van der Waals surface area (Å²) in [4.78, 5) is 13.6. The lowest BCUT2D eigenvalue weighted by molar-refractivity contribution is 0.111. The molecule has 1 fully saturated rings. The predicted molar refractivity (Wildman–Crippen MR) is 85.3 cm³/mol. The molecule has 3 rings (SSSR count). The topological polar surface area (TPSA) is 51.0 Å². The van der Waals surface area contributed by atoms with Crippen molar-refractivity contribution in [3.63, 3.8) is 0 Å². The Hall–Kier alpha value is -1.72. The zero-order valence-corrected chi connectivity index (χ0v) is 13.2. The van der Waals surface area contributed by atoms with Crippen molar-refractivity contribution in [1.82, 2.24) is 19.9 Å². The van der Waals surface area contributed by atoms with E-state index in [0.29, 0.717) is 17.1 Å². The van der Waals surface area contributed by atoms with E-state index in [2.05, 4.69) is 15.2 Å². The van der Waals surface area contributed by atoms with Gasteiger partial charge < -0.3 is 4.90 Å². The molecule has 0 unspecified atom stereocenters. The van der Waals surface area contributed by atoms with E-state index < -0.39 is 0 Å². The third kappa shape index (κ3) is 3.54. The predicted octanol–water partition coefficient (Wildman–Crippen LogP) is 2.43. The molecule has 1 aliphatic rings. The number of halogens is 1. The smallest absolute Gasteiger partial charge is 0.172 e. The Morgan fingerprint density at radius 2 is 1.86 bits per heavy atom. The lowest BCUT2D eigenvalue weighted by Crippen LogP contribution is -2.25. The maximum Gasteiger partial charge on any atom is 0.172 e. The molecule has 0 N–H and O–H groups in total. The number of hydrogen-bond acceptors (Lipinski definition) is 4. The van der Waals surface area contributed by atoms with Crippen molar-refractivity contribution >= 4 is 17.9 Å². The highest BCUT2D eigenvalue weighted by molar-refractivity contribution is 6.30. The number of benzene rings is 1. The molecular formula is C16H19ClN4O. The number of aromatic nitrogens is 3. The standard InChI is InChI=1S/C16H19ClN4O/c17-14-5-3-13(4-6-14)11-16-15(12-22)18-19-21(16)10-9-20-7-1-2-8-20/h3-6,12H,1-2,7-11H2. The maximum absolute atomic E-state index is 11.2. The number of nitrogens with zero attached hydrogens (tertiary/aromatic N) is 4. The van der Waals surface area contributed by atoms with Gasteiger partial charge in [0.2, 0.25) is 0 Å². The summed E-state index contributed by atoms with van der Waals surface area (Å²) in [6, 6.07) is 7.65. The van der Waals surface area contributed by atoms with E-state index in [9.17, 15) is 4.79 Å². The van der Waals surface area contributed by atoms with E-state index in [1.807, 2.05) is 28.9 Å². The van der Waals surface area contributed by atoms with E-state index in [4.69, 9.17) is 11.6 Å². The van der Waals surface area contributed by atoms with Gasteiger partial charge >= 0.3 is 0 Å². The first-order valence-electron chi connectivity index (χ1n) is 7.60. The molecule has 6 heteroatoms. The molecule has 0 saturated carbocycles. The molecule has 116 valence electrons. The first-order chi connectivity index (χ1) is 10.8. The van der Waals surface area contributed by atoms with Crippen molar-refractivity contribution < 1.29 is 4.79 Å². The van der Waals surface area contributed by atoms with Crippen molar-refractivity contribution in [3.8, 4) is 0 Å². The van der Waals surface area contributed by atoms with Gasteiger partial charge in [-0.1, -0.05) is 28.9 Å². The van der Waals surface area contributed by atoms with Gasteiger partial charge in [-0.15, -0.1) is 5.10 Å². The molecule has 5 nitrogen and oxygen atoms in total. The van der Waals surface area contributed by atoms with Gasteiger partial charge in [0.05, 0.1) is 12.2 Å². The van der Waals surface area contributed by atoms with Crippen molar-refractivity contribution in [2.75, 3.05) is 19.6 Å². The Kier molecular flexibility index (Phi) is 4.85. The zero-order valence-electron chi connectivity index (χ0n) is 12.4. The summed E-state index contributed by atoms with van der Waals surface area (Å²) in [7, 11) is 0. The van der Waals surface area contributed by atoms with Crippen LogP contribution in [0.2, 0.25) is 5.02 Å². The van der Waals surface area contributed by atoms with Crippen molar-refractivity contribution in [2.24, 2.45) is 0 Å². The number of likely N-dealkylation sites (tertiary alicyclic amines) is 1. The number of hydrogen-bond donors (Lipinski definition) is 0. The number of carbonyl (C=O) groups excluding carboxylic acids is 1. The molecule has 0 spiro atoms. The highest BCUT2D eigenvalue weighted by Crippen LogP contribution is 2.15. The first kappa shape index (κ1) is 15.2. The van der Waals surface area contributed by atoms with Crippen molar-refractivity contribution in [1.29, 1.82) is 0 Å². The van der Waals surface area contributed by atoms with Crippen LogP contribution >= 0.6 is 11.6 Å². The fourth-order valence-electron chi connectivity index (χ4n) is 2.84. The molecule has 2 aromatic rings. The van der Waals surface area contributed by atoms with E-state index >= 15 is 0 Å². The summed E-state index contributed by atoms with van der Waals surface area (Å²) in [6.07, 6.45) is 3.96. The molecule has 0 atom stereocenters. The second-order valence-corrected chi connectivity index (χ2v) is 6.05. The van der Waals surface area contributed by atoms with Crippen LogP contribution in [0.5, 0.6) is 0 Å². The molecular weight excluding hydrogens is 300 g/mol. The van der Waals surface area contributed by atoms with E-state index in [1.165, 1.54) is 12.8 Å². The van der Waals surface area contributed by atoms with Crippen LogP contribution in [0.1, 0.15) is 34.6 Å². The monoisotopic (exact) mass is 318 g/mol. The van der Waals surface area contributed by atoms with Crippen molar-refractivity contribution in [3.05, 3.63) is 46.2 Å². The highest BCUT2D eigenvalue weighted by Gasteiger charge is 2.15. The molecule has 1 aromatic heterocycles. The van der Waals surface area contributed by atoms with Crippen molar-refractivity contribution in [2.45, 2.75) is 25.8 Å². The molecule has 0 amide bonds. The van der Waals surface area contributed by atoms with Gasteiger partial charge in [0.25, 0.3) is 0 Å². The van der Waals surface area contributed by atoms with Gasteiger partial charge in [0.15, 0.2) is 6.29 Å². The summed E-state index contributed by atoms with van der Waals surface area (Å²) in [6.45, 7) is 4.03. The maximum atomic E-state index is 11.2. The minimum Gasteiger partial charge on any atom is -0.301 e. The van der Waals surface area contributed by atoms with E-state index in [1.54, 1.807) is 0 Å². The summed E-state index contributed by atoms with van der Waals surface area (Å²) < 4.78 is 1.86. The van der Waals surface area contributed by atoms with Gasteiger partial charge in [0.1, 0.15) is 5.69 Å². The molecule has 0 bridgehead atoms. The summed E-state index contributed by atoms with van der Waals surface area (Å²) in [5, 5.41) is 8.85. The minimum absolute atomic E-state index is 0.427. The summed E-state index contributed by atoms with van der Waals surface area (Å²) in [5.74, 6) is 0. The normalized spacial score (nSPS) is 15.3. The Balaban J connectivity index is 1.74. The molecule has 1 saturated heterocycles. The molecule has 0 radical (unpaired) electrons. The molecule has 22 heavy (non-hydrogen) atoms. The lowest BCUT2D eigenvalue weighted by Gasteiger charge is -2.15. The van der Waals surface area contributed by atoms with E-state index in [-0.39, 0.29) is 0 Å². The molecule has 0 aliphatic carbocycles. The Labute approximate surface area is 134 Å². The third-order valence-corrected chi connectivity index (χ3v) is 4.34. The van der Waals surface area contributed by atoms with Crippen LogP contribution < -0.4 is 0 Å². The SMILES string of the molecule is O=Cc1nnn(CCN2CCCC2)c1Cc1ccc(Cl)cc1. The van der Waals surface area contributed by atoms with Gasteiger partial charge in [-0.3, -0.25) is 4.79 Å². The summed E-state index contributed by atoms with van der Waals surface area (Å²) in [5.41, 5.74) is 2.39. The number of rotatable bonds is 6. The van der Waals surface area contributed by atoms with Gasteiger partial charge in [-0.2, -0.15) is 0 Å². The quantitative estimate of drug-likeness (QED) is 0.768. The van der Waals surface area contributed by atoms with Crippen LogP contribution in [0.25, 0.3) is 0 Å². The molecule has 2 heterocycles.